The molecule has 2 rings (SSSR count). The van der Waals surface area contributed by atoms with E-state index in [-0.39, 0.29) is 0 Å². The van der Waals surface area contributed by atoms with Crippen molar-refractivity contribution in [2.45, 2.75) is 0 Å². The van der Waals surface area contributed by atoms with E-state index in [2.05, 4.69) is 15.5 Å². The van der Waals surface area contributed by atoms with E-state index in [9.17, 15) is 0 Å². The lowest BCUT2D eigenvalue weighted by atomic mass is 10.4. The van der Waals surface area contributed by atoms with E-state index >= 15 is 0 Å². The molecule has 0 amide bonds. The molecule has 2 aromatic rings. The monoisotopic (exact) mass is 165 g/mol. The SMILES string of the molecule is CNc1nc(-c2ccco2)no1. The summed E-state index contributed by atoms with van der Waals surface area (Å²) in [4.78, 5) is 3.99. The normalized spacial score (nSPS) is 10.1. The lowest BCUT2D eigenvalue weighted by Crippen LogP contribution is -1.86. The summed E-state index contributed by atoms with van der Waals surface area (Å²) in [7, 11) is 1.71. The van der Waals surface area contributed by atoms with Crippen LogP contribution < -0.4 is 5.32 Å². The van der Waals surface area contributed by atoms with Gasteiger partial charge in [-0.25, -0.2) is 0 Å². The number of rotatable bonds is 2. The number of aromatic nitrogens is 2. The molecule has 0 spiro atoms. The zero-order chi connectivity index (χ0) is 8.39. The average Bonchev–Trinajstić information content (AvgIpc) is 2.75. The molecule has 0 radical (unpaired) electrons. The molecule has 2 aromatic heterocycles. The minimum Gasteiger partial charge on any atom is -0.461 e. The first-order chi connectivity index (χ1) is 5.90. The van der Waals surface area contributed by atoms with Gasteiger partial charge in [0, 0.05) is 7.05 Å². The maximum absolute atomic E-state index is 5.06. The van der Waals surface area contributed by atoms with Gasteiger partial charge < -0.3 is 14.3 Å². The molecule has 0 bridgehead atoms. The van der Waals surface area contributed by atoms with Crippen molar-refractivity contribution in [3.8, 4) is 11.6 Å². The van der Waals surface area contributed by atoms with Crippen molar-refractivity contribution < 1.29 is 8.94 Å². The zero-order valence-electron chi connectivity index (χ0n) is 6.44. The number of anilines is 1. The molecule has 0 fully saturated rings. The minimum atomic E-state index is 0.376. The molecular weight excluding hydrogens is 158 g/mol. The van der Waals surface area contributed by atoms with Crippen molar-refractivity contribution in [2.24, 2.45) is 0 Å². The Morgan fingerprint density at radius 3 is 3.00 bits per heavy atom. The van der Waals surface area contributed by atoms with Crippen molar-refractivity contribution in [1.29, 1.82) is 0 Å². The van der Waals surface area contributed by atoms with E-state index in [4.69, 9.17) is 8.94 Å². The molecule has 0 saturated carbocycles. The Kier molecular flexibility index (Phi) is 1.55. The summed E-state index contributed by atoms with van der Waals surface area (Å²) >= 11 is 0. The number of furan rings is 1. The molecule has 0 aliphatic carbocycles. The van der Waals surface area contributed by atoms with Crippen molar-refractivity contribution in [3.63, 3.8) is 0 Å². The van der Waals surface area contributed by atoms with E-state index in [1.165, 1.54) is 0 Å². The number of nitrogens with one attached hydrogen (secondary N) is 1. The van der Waals surface area contributed by atoms with E-state index in [1.807, 2.05) is 0 Å². The van der Waals surface area contributed by atoms with E-state index in [0.717, 1.165) is 0 Å². The van der Waals surface area contributed by atoms with Gasteiger partial charge in [-0.2, -0.15) is 4.98 Å². The summed E-state index contributed by atoms with van der Waals surface area (Å²) in [6.07, 6.45) is 1.56. The molecule has 0 aromatic carbocycles. The molecule has 2 heterocycles. The standard InChI is InChI=1S/C7H7N3O2/c1-8-7-9-6(10-12-7)5-3-2-4-11-5/h2-4H,1H3,(H,8,9,10). The molecule has 0 aliphatic rings. The van der Waals surface area contributed by atoms with Crippen molar-refractivity contribution in [2.75, 3.05) is 12.4 Å². The molecule has 62 valence electrons. The van der Waals surface area contributed by atoms with Gasteiger partial charge in [-0.05, 0) is 12.1 Å². The highest BCUT2D eigenvalue weighted by molar-refractivity contribution is 5.46. The third-order valence-corrected chi connectivity index (χ3v) is 1.38. The third-order valence-electron chi connectivity index (χ3n) is 1.38. The Balaban J connectivity index is 2.35. The molecule has 0 aliphatic heterocycles. The molecular formula is C7H7N3O2. The summed E-state index contributed by atoms with van der Waals surface area (Å²) in [6, 6.07) is 3.91. The van der Waals surface area contributed by atoms with Gasteiger partial charge in [0.1, 0.15) is 0 Å². The summed E-state index contributed by atoms with van der Waals surface area (Å²) in [6.45, 7) is 0. The maximum Gasteiger partial charge on any atom is 0.321 e. The lowest BCUT2D eigenvalue weighted by molar-refractivity contribution is 0.431. The van der Waals surface area contributed by atoms with Gasteiger partial charge in [0.25, 0.3) is 0 Å². The molecule has 12 heavy (non-hydrogen) atoms. The second-order valence-corrected chi connectivity index (χ2v) is 2.15. The van der Waals surface area contributed by atoms with Crippen LogP contribution >= 0.6 is 0 Å². The van der Waals surface area contributed by atoms with Crippen LogP contribution in [-0.2, 0) is 0 Å². The van der Waals surface area contributed by atoms with Gasteiger partial charge in [-0.1, -0.05) is 5.16 Å². The van der Waals surface area contributed by atoms with Gasteiger partial charge in [-0.3, -0.25) is 0 Å². The van der Waals surface area contributed by atoms with E-state index in [0.29, 0.717) is 17.6 Å². The van der Waals surface area contributed by atoms with Crippen LogP contribution in [0.2, 0.25) is 0 Å². The Morgan fingerprint density at radius 2 is 2.42 bits per heavy atom. The van der Waals surface area contributed by atoms with Crippen LogP contribution in [-0.4, -0.2) is 17.2 Å². The van der Waals surface area contributed by atoms with Crippen LogP contribution in [0.3, 0.4) is 0 Å². The fraction of sp³-hybridized carbons (Fsp3) is 0.143. The lowest BCUT2D eigenvalue weighted by Gasteiger charge is -1.83. The Bertz CT molecular complexity index is 352. The van der Waals surface area contributed by atoms with Gasteiger partial charge in [0.2, 0.25) is 5.82 Å². The molecule has 5 nitrogen and oxygen atoms in total. The summed E-state index contributed by atoms with van der Waals surface area (Å²) in [5, 5.41) is 6.41. The van der Waals surface area contributed by atoms with Gasteiger partial charge in [-0.15, -0.1) is 0 Å². The van der Waals surface area contributed by atoms with Crippen LogP contribution in [0.4, 0.5) is 6.01 Å². The van der Waals surface area contributed by atoms with Crippen LogP contribution in [0.1, 0.15) is 0 Å². The van der Waals surface area contributed by atoms with Crippen LogP contribution in [0, 0.1) is 0 Å². The van der Waals surface area contributed by atoms with Crippen LogP contribution in [0.25, 0.3) is 11.6 Å². The van der Waals surface area contributed by atoms with Crippen LogP contribution in [0.15, 0.2) is 27.3 Å². The summed E-state index contributed by atoms with van der Waals surface area (Å²) in [5.74, 6) is 1.05. The predicted octanol–water partition coefficient (Wildman–Crippen LogP) is 1.37. The number of hydrogen-bond donors (Lipinski definition) is 1. The summed E-state index contributed by atoms with van der Waals surface area (Å²) < 4.78 is 9.87. The van der Waals surface area contributed by atoms with Gasteiger partial charge in [0.05, 0.1) is 6.26 Å². The van der Waals surface area contributed by atoms with Crippen LogP contribution in [0.5, 0.6) is 0 Å². The second-order valence-electron chi connectivity index (χ2n) is 2.15. The fourth-order valence-electron chi connectivity index (χ4n) is 0.831. The first kappa shape index (κ1) is 6.90. The quantitative estimate of drug-likeness (QED) is 0.728. The van der Waals surface area contributed by atoms with E-state index in [1.54, 1.807) is 25.4 Å². The summed E-state index contributed by atoms with van der Waals surface area (Å²) in [5.41, 5.74) is 0. The Hall–Kier alpha value is -1.78. The molecule has 5 heteroatoms. The highest BCUT2D eigenvalue weighted by atomic mass is 16.5. The molecule has 1 N–H and O–H groups in total. The predicted molar refractivity (Wildman–Crippen MR) is 41.5 cm³/mol. The molecule has 0 atom stereocenters. The topological polar surface area (TPSA) is 64.1 Å². The minimum absolute atomic E-state index is 0.376. The zero-order valence-corrected chi connectivity index (χ0v) is 6.44. The van der Waals surface area contributed by atoms with Gasteiger partial charge in [0.15, 0.2) is 5.76 Å². The number of hydrogen-bond acceptors (Lipinski definition) is 5. The Morgan fingerprint density at radius 1 is 1.50 bits per heavy atom. The van der Waals surface area contributed by atoms with Crippen molar-refractivity contribution in [1.82, 2.24) is 10.1 Å². The highest BCUT2D eigenvalue weighted by Crippen LogP contribution is 2.16. The average molecular weight is 165 g/mol. The third kappa shape index (κ3) is 1.05. The highest BCUT2D eigenvalue weighted by Gasteiger charge is 2.08. The smallest absolute Gasteiger partial charge is 0.321 e. The van der Waals surface area contributed by atoms with Crippen molar-refractivity contribution in [3.05, 3.63) is 18.4 Å². The van der Waals surface area contributed by atoms with Crippen molar-refractivity contribution >= 4 is 6.01 Å². The second kappa shape index (κ2) is 2.69. The molecule has 0 saturated heterocycles. The van der Waals surface area contributed by atoms with E-state index < -0.39 is 0 Å². The first-order valence-electron chi connectivity index (χ1n) is 3.45. The molecule has 0 unspecified atom stereocenters. The number of nitrogens with zero attached hydrogens (tertiary/aromatic N) is 2. The first-order valence-corrected chi connectivity index (χ1v) is 3.45. The van der Waals surface area contributed by atoms with Gasteiger partial charge >= 0.3 is 6.01 Å². The Labute approximate surface area is 68.4 Å². The fourth-order valence-corrected chi connectivity index (χ4v) is 0.831. The largest absolute Gasteiger partial charge is 0.461 e. The maximum atomic E-state index is 5.06.